The highest BCUT2D eigenvalue weighted by Gasteiger charge is 2.47. The monoisotopic (exact) mass is 452 g/mol. The van der Waals surface area contributed by atoms with Gasteiger partial charge in [0.2, 0.25) is 0 Å². The van der Waals surface area contributed by atoms with E-state index in [1.807, 2.05) is 19.1 Å². The standard InChI is InChI=1S/C27H36N2O4/c1-4-6-15-28(16-7-5-2)17-9-18-29-24(22-10-8-19-33-22)23(26(31)27(29)32)25(30)21-13-11-20(3)12-14-21/h8,10-14,19,24,30H,4-7,9,15-18H2,1-3H3/t24-/m0/s1. The van der Waals surface area contributed by atoms with Crippen molar-refractivity contribution < 1.29 is 19.1 Å². The van der Waals surface area contributed by atoms with Crippen LogP contribution < -0.4 is 0 Å². The zero-order valence-corrected chi connectivity index (χ0v) is 20.0. The Morgan fingerprint density at radius 2 is 1.64 bits per heavy atom. The Labute approximate surface area is 196 Å². The fraction of sp³-hybridized carbons (Fsp3) is 0.481. The predicted octanol–water partition coefficient (Wildman–Crippen LogP) is 5.30. The van der Waals surface area contributed by atoms with Crippen LogP contribution in [-0.2, 0) is 9.59 Å². The maximum Gasteiger partial charge on any atom is 0.295 e. The number of rotatable bonds is 12. The van der Waals surface area contributed by atoms with Crippen molar-refractivity contribution in [2.24, 2.45) is 0 Å². The summed E-state index contributed by atoms with van der Waals surface area (Å²) in [5, 5.41) is 11.0. The molecule has 1 aliphatic rings. The van der Waals surface area contributed by atoms with Gasteiger partial charge in [0.15, 0.2) is 0 Å². The lowest BCUT2D eigenvalue weighted by atomic mass is 9.99. The number of benzene rings is 1. The number of ketones is 1. The van der Waals surface area contributed by atoms with Crippen molar-refractivity contribution in [2.45, 2.75) is 58.9 Å². The van der Waals surface area contributed by atoms with Gasteiger partial charge in [-0.3, -0.25) is 9.59 Å². The molecule has 6 heteroatoms. The van der Waals surface area contributed by atoms with E-state index in [2.05, 4.69) is 18.7 Å². The number of aliphatic hydroxyl groups excluding tert-OH is 1. The van der Waals surface area contributed by atoms with Crippen LogP contribution in [0.25, 0.3) is 5.76 Å². The molecule has 1 aromatic carbocycles. The molecule has 1 aromatic heterocycles. The topological polar surface area (TPSA) is 74.0 Å². The number of carbonyl (C=O) groups is 2. The van der Waals surface area contributed by atoms with Crippen molar-refractivity contribution in [3.8, 4) is 0 Å². The molecule has 1 N–H and O–H groups in total. The summed E-state index contributed by atoms with van der Waals surface area (Å²) in [6, 6.07) is 10.0. The second-order valence-corrected chi connectivity index (χ2v) is 8.78. The lowest BCUT2D eigenvalue weighted by molar-refractivity contribution is -0.140. The fourth-order valence-corrected chi connectivity index (χ4v) is 4.28. The number of unbranched alkanes of at least 4 members (excludes halogenated alkanes) is 2. The number of aryl methyl sites for hydroxylation is 1. The molecule has 2 aromatic rings. The summed E-state index contributed by atoms with van der Waals surface area (Å²) >= 11 is 0. The highest BCUT2D eigenvalue weighted by molar-refractivity contribution is 6.46. The van der Waals surface area contributed by atoms with E-state index in [1.165, 1.54) is 6.26 Å². The molecule has 1 amide bonds. The number of likely N-dealkylation sites (tertiary alicyclic amines) is 1. The van der Waals surface area contributed by atoms with Crippen molar-refractivity contribution in [2.75, 3.05) is 26.2 Å². The first-order valence-corrected chi connectivity index (χ1v) is 12.1. The van der Waals surface area contributed by atoms with Crippen LogP contribution in [0, 0.1) is 6.92 Å². The zero-order chi connectivity index (χ0) is 23.8. The summed E-state index contributed by atoms with van der Waals surface area (Å²) in [5.41, 5.74) is 1.65. The number of aliphatic hydroxyl groups is 1. The Balaban J connectivity index is 1.83. The van der Waals surface area contributed by atoms with Gasteiger partial charge in [-0.1, -0.05) is 56.5 Å². The Hall–Kier alpha value is -2.86. The number of furan rings is 1. The Morgan fingerprint density at radius 3 is 2.21 bits per heavy atom. The third kappa shape index (κ3) is 5.93. The van der Waals surface area contributed by atoms with E-state index < -0.39 is 17.7 Å². The molecule has 1 fully saturated rings. The van der Waals surface area contributed by atoms with Gasteiger partial charge in [-0.05, 0) is 58.0 Å². The number of hydrogen-bond donors (Lipinski definition) is 1. The average Bonchev–Trinajstić information content (AvgIpc) is 3.43. The van der Waals surface area contributed by atoms with Gasteiger partial charge < -0.3 is 19.3 Å². The van der Waals surface area contributed by atoms with Crippen LogP contribution in [0.15, 0.2) is 52.7 Å². The number of carbonyl (C=O) groups excluding carboxylic acids is 2. The molecule has 0 bridgehead atoms. The minimum Gasteiger partial charge on any atom is -0.507 e. The second-order valence-electron chi connectivity index (χ2n) is 8.78. The van der Waals surface area contributed by atoms with Crippen molar-refractivity contribution in [1.29, 1.82) is 0 Å². The quantitative estimate of drug-likeness (QED) is 0.269. The molecule has 3 rings (SSSR count). The highest BCUT2D eigenvalue weighted by atomic mass is 16.3. The first kappa shape index (κ1) is 24.8. The summed E-state index contributed by atoms with van der Waals surface area (Å²) in [7, 11) is 0. The molecule has 1 atom stereocenters. The molecule has 178 valence electrons. The van der Waals surface area contributed by atoms with Crippen LogP contribution in [0.3, 0.4) is 0 Å². The Kier molecular flexibility index (Phi) is 8.89. The second kappa shape index (κ2) is 11.8. The SMILES string of the molecule is CCCCN(CCCC)CCCN1C(=O)C(=O)C(=C(O)c2ccc(C)cc2)[C@@H]1c1ccco1. The van der Waals surface area contributed by atoms with Crippen LogP contribution in [-0.4, -0.2) is 52.8 Å². The van der Waals surface area contributed by atoms with Crippen molar-refractivity contribution in [1.82, 2.24) is 9.80 Å². The summed E-state index contributed by atoms with van der Waals surface area (Å²) in [6.07, 6.45) is 6.87. The summed E-state index contributed by atoms with van der Waals surface area (Å²) in [4.78, 5) is 30.0. The van der Waals surface area contributed by atoms with Gasteiger partial charge in [0.25, 0.3) is 11.7 Å². The number of Topliss-reactive ketones (excluding diaryl/α,β-unsaturated/α-hetero) is 1. The summed E-state index contributed by atoms with van der Waals surface area (Å²) < 4.78 is 5.61. The number of hydrogen-bond acceptors (Lipinski definition) is 5. The average molecular weight is 453 g/mol. The third-order valence-corrected chi connectivity index (χ3v) is 6.21. The van der Waals surface area contributed by atoms with Crippen molar-refractivity contribution >= 4 is 17.4 Å². The molecule has 0 radical (unpaired) electrons. The molecule has 1 saturated heterocycles. The zero-order valence-electron chi connectivity index (χ0n) is 20.0. The minimum atomic E-state index is -0.721. The highest BCUT2D eigenvalue weighted by Crippen LogP contribution is 2.39. The largest absolute Gasteiger partial charge is 0.507 e. The van der Waals surface area contributed by atoms with Crippen LogP contribution >= 0.6 is 0 Å². The molecular weight excluding hydrogens is 416 g/mol. The van der Waals surface area contributed by atoms with Gasteiger partial charge >= 0.3 is 0 Å². The van der Waals surface area contributed by atoms with Crippen LogP contribution in [0.4, 0.5) is 0 Å². The molecule has 1 aliphatic heterocycles. The molecule has 2 heterocycles. The van der Waals surface area contributed by atoms with E-state index in [4.69, 9.17) is 4.42 Å². The summed E-state index contributed by atoms with van der Waals surface area (Å²) in [6.45, 7) is 9.72. The van der Waals surface area contributed by atoms with E-state index in [1.54, 1.807) is 29.2 Å². The lowest BCUT2D eigenvalue weighted by Gasteiger charge is -2.26. The fourth-order valence-electron chi connectivity index (χ4n) is 4.28. The van der Waals surface area contributed by atoms with Crippen LogP contribution in [0.1, 0.15) is 68.9 Å². The van der Waals surface area contributed by atoms with E-state index in [0.717, 1.165) is 57.3 Å². The van der Waals surface area contributed by atoms with Crippen LogP contribution in [0.2, 0.25) is 0 Å². The van der Waals surface area contributed by atoms with Gasteiger partial charge in [0.05, 0.1) is 11.8 Å². The minimum absolute atomic E-state index is 0.0904. The van der Waals surface area contributed by atoms with Crippen molar-refractivity contribution in [3.05, 3.63) is 65.1 Å². The van der Waals surface area contributed by atoms with Crippen molar-refractivity contribution in [3.63, 3.8) is 0 Å². The maximum absolute atomic E-state index is 13.0. The molecule has 0 aliphatic carbocycles. The van der Waals surface area contributed by atoms with E-state index >= 15 is 0 Å². The number of nitrogens with zero attached hydrogens (tertiary/aromatic N) is 2. The smallest absolute Gasteiger partial charge is 0.295 e. The van der Waals surface area contributed by atoms with Crippen LogP contribution in [0.5, 0.6) is 0 Å². The predicted molar refractivity (Wildman–Crippen MR) is 130 cm³/mol. The van der Waals surface area contributed by atoms with E-state index in [-0.39, 0.29) is 11.3 Å². The van der Waals surface area contributed by atoms with Gasteiger partial charge in [-0.25, -0.2) is 0 Å². The Morgan fingerprint density at radius 1 is 1.00 bits per heavy atom. The van der Waals surface area contributed by atoms with Gasteiger partial charge in [-0.2, -0.15) is 0 Å². The maximum atomic E-state index is 13.0. The van der Waals surface area contributed by atoms with Gasteiger partial charge in [0, 0.05) is 12.1 Å². The molecular formula is C27H36N2O4. The molecule has 0 unspecified atom stereocenters. The van der Waals surface area contributed by atoms with E-state index in [9.17, 15) is 14.7 Å². The number of amides is 1. The third-order valence-electron chi connectivity index (χ3n) is 6.21. The molecule has 0 spiro atoms. The summed E-state index contributed by atoms with van der Waals surface area (Å²) in [5.74, 6) is -0.927. The normalized spacial score (nSPS) is 17.9. The lowest BCUT2D eigenvalue weighted by Crippen LogP contribution is -2.34. The first-order valence-electron chi connectivity index (χ1n) is 12.1. The van der Waals surface area contributed by atoms with E-state index in [0.29, 0.717) is 17.9 Å². The molecule has 6 nitrogen and oxygen atoms in total. The first-order chi connectivity index (χ1) is 16.0. The van der Waals surface area contributed by atoms with Gasteiger partial charge in [0.1, 0.15) is 17.6 Å². The molecule has 33 heavy (non-hydrogen) atoms. The van der Waals surface area contributed by atoms with Gasteiger partial charge in [-0.15, -0.1) is 0 Å². The molecule has 0 saturated carbocycles. The Bertz CT molecular complexity index is 939.